The molecule has 0 saturated heterocycles. The van der Waals surface area contributed by atoms with Crippen LogP contribution in [0.1, 0.15) is 60.3 Å². The lowest BCUT2D eigenvalue weighted by atomic mass is 9.47. The zero-order valence-electron chi connectivity index (χ0n) is 15.2. The highest BCUT2D eigenvalue weighted by Gasteiger charge is 2.57. The van der Waals surface area contributed by atoms with Crippen molar-refractivity contribution in [1.29, 1.82) is 0 Å². The molecule has 0 aliphatic heterocycles. The van der Waals surface area contributed by atoms with E-state index in [1.807, 2.05) is 19.9 Å². The summed E-state index contributed by atoms with van der Waals surface area (Å²) < 4.78 is 0. The Bertz CT molecular complexity index is 529. The summed E-state index contributed by atoms with van der Waals surface area (Å²) in [6.07, 6.45) is 6.69. The van der Waals surface area contributed by atoms with Crippen LogP contribution in [0.2, 0.25) is 0 Å². The van der Waals surface area contributed by atoms with E-state index in [4.69, 9.17) is 5.11 Å². The monoisotopic (exact) mass is 320 g/mol. The van der Waals surface area contributed by atoms with Gasteiger partial charge >= 0.3 is 0 Å². The normalized spacial score (nSPS) is 37.3. The van der Waals surface area contributed by atoms with Gasteiger partial charge in [0.25, 0.3) is 0 Å². The molecule has 0 aromatic heterocycles. The molecular formula is C20H32O3. The lowest BCUT2D eigenvalue weighted by Crippen LogP contribution is -2.58. The van der Waals surface area contributed by atoms with Crippen molar-refractivity contribution in [3.05, 3.63) is 23.3 Å². The van der Waals surface area contributed by atoms with Crippen LogP contribution in [0.4, 0.5) is 0 Å². The molecule has 2 N–H and O–H groups in total. The summed E-state index contributed by atoms with van der Waals surface area (Å²) in [5.41, 5.74) is 2.11. The molecule has 3 heteroatoms. The second kappa shape index (κ2) is 6.52. The zero-order chi connectivity index (χ0) is 17.4. The Morgan fingerprint density at radius 3 is 2.65 bits per heavy atom. The number of fused-ring (bicyclic) bond motifs is 1. The van der Waals surface area contributed by atoms with E-state index in [0.717, 1.165) is 19.3 Å². The summed E-state index contributed by atoms with van der Waals surface area (Å²) in [5, 5.41) is 19.4. The van der Waals surface area contributed by atoms with Crippen molar-refractivity contribution in [3.63, 3.8) is 0 Å². The van der Waals surface area contributed by atoms with Gasteiger partial charge in [0.15, 0.2) is 5.78 Å². The van der Waals surface area contributed by atoms with Crippen molar-refractivity contribution in [2.45, 2.75) is 66.4 Å². The smallest absolute Gasteiger partial charge is 0.162 e. The Labute approximate surface area is 140 Å². The molecule has 0 radical (unpaired) electrons. The lowest BCUT2D eigenvalue weighted by Gasteiger charge is -2.57. The maximum Gasteiger partial charge on any atom is 0.162 e. The third-order valence-corrected chi connectivity index (χ3v) is 6.55. The van der Waals surface area contributed by atoms with Crippen LogP contribution in [-0.4, -0.2) is 28.7 Å². The number of hydrogen-bond donors (Lipinski definition) is 2. The summed E-state index contributed by atoms with van der Waals surface area (Å²) in [6, 6.07) is 0. The van der Waals surface area contributed by atoms with E-state index in [1.165, 1.54) is 11.1 Å². The molecule has 0 spiro atoms. The fourth-order valence-corrected chi connectivity index (χ4v) is 5.14. The minimum Gasteiger partial charge on any atom is -0.392 e. The van der Waals surface area contributed by atoms with Crippen LogP contribution in [0, 0.1) is 22.7 Å². The average Bonchev–Trinajstić information content (AvgIpc) is 2.44. The quantitative estimate of drug-likeness (QED) is 0.777. The van der Waals surface area contributed by atoms with Crippen LogP contribution in [-0.2, 0) is 4.79 Å². The first-order valence-electron chi connectivity index (χ1n) is 8.78. The summed E-state index contributed by atoms with van der Waals surface area (Å²) in [7, 11) is 0. The van der Waals surface area contributed by atoms with Gasteiger partial charge in [0.2, 0.25) is 0 Å². The second-order valence-corrected chi connectivity index (χ2v) is 8.43. The van der Waals surface area contributed by atoms with Gasteiger partial charge < -0.3 is 10.2 Å². The maximum absolute atomic E-state index is 12.4. The van der Waals surface area contributed by atoms with Crippen LogP contribution in [0.25, 0.3) is 0 Å². The fourth-order valence-electron chi connectivity index (χ4n) is 5.14. The number of allylic oxidation sites excluding steroid dienone is 3. The standard InChI is InChI=1S/C20H32O3/c1-13(10-11-21)6-8-15-14(2)7-9-17-19(3,4)18(23)16(22)12-20(15,17)5/h7,10,15,17-18,21,23H,6,8-9,11-12H2,1-5H3/b13-10+/t15-,17-,18-,20+/m1/s1. The minimum absolute atomic E-state index is 0.00364. The van der Waals surface area contributed by atoms with Gasteiger partial charge in [-0.2, -0.15) is 0 Å². The summed E-state index contributed by atoms with van der Waals surface area (Å²) in [6.45, 7) is 10.6. The first-order valence-corrected chi connectivity index (χ1v) is 8.78. The number of carbonyl (C=O) groups is 1. The summed E-state index contributed by atoms with van der Waals surface area (Å²) >= 11 is 0. The molecular weight excluding hydrogens is 288 g/mol. The van der Waals surface area contributed by atoms with E-state index < -0.39 is 6.10 Å². The third kappa shape index (κ3) is 3.18. The molecule has 0 bridgehead atoms. The third-order valence-electron chi connectivity index (χ3n) is 6.55. The fraction of sp³-hybridized carbons (Fsp3) is 0.750. The zero-order valence-corrected chi connectivity index (χ0v) is 15.2. The van der Waals surface area contributed by atoms with Crippen LogP contribution < -0.4 is 0 Å². The first-order chi connectivity index (χ1) is 10.6. The summed E-state index contributed by atoms with van der Waals surface area (Å²) in [5.74, 6) is 0.675. The van der Waals surface area contributed by atoms with Gasteiger partial charge in [-0.15, -0.1) is 0 Å². The van der Waals surface area contributed by atoms with Crippen LogP contribution in [0.5, 0.6) is 0 Å². The van der Waals surface area contributed by atoms with E-state index in [0.29, 0.717) is 18.3 Å². The van der Waals surface area contributed by atoms with Gasteiger partial charge in [0, 0.05) is 11.8 Å². The predicted molar refractivity (Wildman–Crippen MR) is 92.9 cm³/mol. The average molecular weight is 320 g/mol. The molecule has 0 aromatic rings. The largest absolute Gasteiger partial charge is 0.392 e. The number of aliphatic hydroxyl groups excluding tert-OH is 2. The summed E-state index contributed by atoms with van der Waals surface area (Å²) in [4.78, 5) is 12.4. The van der Waals surface area contributed by atoms with E-state index in [2.05, 4.69) is 26.8 Å². The Kier molecular flexibility index (Phi) is 5.22. The van der Waals surface area contributed by atoms with Crippen LogP contribution in [0.15, 0.2) is 23.3 Å². The number of aliphatic hydroxyl groups is 2. The molecule has 130 valence electrons. The molecule has 4 atom stereocenters. The van der Waals surface area contributed by atoms with Gasteiger partial charge in [-0.3, -0.25) is 4.79 Å². The highest BCUT2D eigenvalue weighted by Crippen LogP contribution is 2.59. The Morgan fingerprint density at radius 1 is 1.39 bits per heavy atom. The molecule has 2 aliphatic rings. The van der Waals surface area contributed by atoms with Gasteiger partial charge in [-0.05, 0) is 50.4 Å². The molecule has 2 rings (SSSR count). The van der Waals surface area contributed by atoms with Crippen LogP contribution >= 0.6 is 0 Å². The first kappa shape index (κ1) is 18.4. The molecule has 1 saturated carbocycles. The number of carbonyl (C=O) groups excluding carboxylic acids is 1. The van der Waals surface area contributed by atoms with Gasteiger partial charge in [-0.25, -0.2) is 0 Å². The lowest BCUT2D eigenvalue weighted by molar-refractivity contribution is -0.159. The van der Waals surface area contributed by atoms with E-state index >= 15 is 0 Å². The molecule has 3 nitrogen and oxygen atoms in total. The van der Waals surface area contributed by atoms with Crippen molar-refractivity contribution in [2.24, 2.45) is 22.7 Å². The molecule has 0 aromatic carbocycles. The number of Topliss-reactive ketones (excluding diaryl/α,β-unsaturated/α-hetero) is 1. The van der Waals surface area contributed by atoms with E-state index in [-0.39, 0.29) is 23.2 Å². The maximum atomic E-state index is 12.4. The SMILES string of the molecule is CC1=CC[C@@H]2C(C)(C)[C@H](O)C(=O)C[C@@]2(C)[C@@H]1CC/C(C)=C/CO. The van der Waals surface area contributed by atoms with Crippen molar-refractivity contribution < 1.29 is 15.0 Å². The predicted octanol–water partition coefficient (Wildman–Crippen LogP) is 3.65. The van der Waals surface area contributed by atoms with Crippen molar-refractivity contribution in [3.8, 4) is 0 Å². The van der Waals surface area contributed by atoms with Crippen molar-refractivity contribution >= 4 is 5.78 Å². The molecule has 1 fully saturated rings. The molecule has 2 aliphatic carbocycles. The van der Waals surface area contributed by atoms with Crippen LogP contribution in [0.3, 0.4) is 0 Å². The van der Waals surface area contributed by atoms with Gasteiger partial charge in [0.05, 0.1) is 6.61 Å². The Hall–Kier alpha value is -0.930. The molecule has 0 amide bonds. The van der Waals surface area contributed by atoms with Crippen molar-refractivity contribution in [2.75, 3.05) is 6.61 Å². The Morgan fingerprint density at radius 2 is 2.04 bits per heavy atom. The van der Waals surface area contributed by atoms with Gasteiger partial charge in [0.1, 0.15) is 6.10 Å². The highest BCUT2D eigenvalue weighted by molar-refractivity contribution is 5.85. The second-order valence-electron chi connectivity index (χ2n) is 8.43. The topological polar surface area (TPSA) is 57.5 Å². The van der Waals surface area contributed by atoms with Gasteiger partial charge in [-0.1, -0.05) is 44.1 Å². The number of ketones is 1. The van der Waals surface area contributed by atoms with E-state index in [9.17, 15) is 9.90 Å². The Balaban J connectivity index is 2.31. The molecule has 23 heavy (non-hydrogen) atoms. The van der Waals surface area contributed by atoms with E-state index in [1.54, 1.807) is 0 Å². The molecule has 0 unspecified atom stereocenters. The molecule has 0 heterocycles. The number of rotatable bonds is 4. The number of hydrogen-bond acceptors (Lipinski definition) is 3. The highest BCUT2D eigenvalue weighted by atomic mass is 16.3. The van der Waals surface area contributed by atoms with Crippen molar-refractivity contribution in [1.82, 2.24) is 0 Å². The minimum atomic E-state index is -0.843.